The van der Waals surface area contributed by atoms with Gasteiger partial charge in [-0.2, -0.15) is 10.5 Å². The first kappa shape index (κ1) is 13.2. The van der Waals surface area contributed by atoms with Crippen LogP contribution in [-0.4, -0.2) is 18.0 Å². The highest BCUT2D eigenvalue weighted by atomic mass is 15.1. The minimum absolute atomic E-state index is 0.541. The smallest absolute Gasteiger partial charge is 0.0635 e. The zero-order valence-corrected chi connectivity index (χ0v) is 9.97. The van der Waals surface area contributed by atoms with Gasteiger partial charge < -0.3 is 0 Å². The maximum Gasteiger partial charge on any atom is 0.0635 e. The Kier molecular flexibility index (Phi) is 6.48. The predicted molar refractivity (Wildman–Crippen MR) is 66.8 cm³/mol. The van der Waals surface area contributed by atoms with Crippen molar-refractivity contribution in [1.82, 2.24) is 4.90 Å². The molecule has 0 fully saturated rings. The Morgan fingerprint density at radius 3 is 2.29 bits per heavy atom. The van der Waals surface area contributed by atoms with Crippen molar-refractivity contribution >= 4 is 0 Å². The zero-order valence-electron chi connectivity index (χ0n) is 9.97. The van der Waals surface area contributed by atoms with Crippen LogP contribution in [0.15, 0.2) is 30.3 Å². The monoisotopic (exact) mass is 227 g/mol. The van der Waals surface area contributed by atoms with E-state index in [1.165, 1.54) is 5.56 Å². The maximum absolute atomic E-state index is 8.62. The van der Waals surface area contributed by atoms with Crippen LogP contribution in [0.5, 0.6) is 0 Å². The van der Waals surface area contributed by atoms with Crippen LogP contribution in [0.2, 0.25) is 0 Å². The standard InChI is InChI=1S/C14H17N3/c15-9-4-5-11-17(12-6-10-16)13-14-7-2-1-3-8-14/h1-3,7-8H,4-6,11-13H2. The summed E-state index contributed by atoms with van der Waals surface area (Å²) in [6.07, 6.45) is 1.99. The summed E-state index contributed by atoms with van der Waals surface area (Å²) in [5, 5.41) is 17.1. The van der Waals surface area contributed by atoms with Crippen LogP contribution in [0.25, 0.3) is 0 Å². The molecule has 0 aliphatic carbocycles. The van der Waals surface area contributed by atoms with E-state index in [9.17, 15) is 0 Å². The van der Waals surface area contributed by atoms with Gasteiger partial charge in [0, 0.05) is 25.9 Å². The molecule has 0 aliphatic heterocycles. The molecule has 0 heterocycles. The molecular formula is C14H17N3. The Morgan fingerprint density at radius 2 is 1.65 bits per heavy atom. The summed E-state index contributed by atoms with van der Waals surface area (Å²) >= 11 is 0. The summed E-state index contributed by atoms with van der Waals surface area (Å²) in [4.78, 5) is 2.23. The third kappa shape index (κ3) is 5.70. The molecular weight excluding hydrogens is 210 g/mol. The first-order chi connectivity index (χ1) is 8.36. The third-order valence-corrected chi connectivity index (χ3v) is 2.55. The van der Waals surface area contributed by atoms with Crippen molar-refractivity contribution < 1.29 is 0 Å². The molecule has 0 spiro atoms. The summed E-state index contributed by atoms with van der Waals surface area (Å²) in [5.74, 6) is 0. The lowest BCUT2D eigenvalue weighted by molar-refractivity contribution is 0.269. The minimum atomic E-state index is 0.541. The van der Waals surface area contributed by atoms with Crippen molar-refractivity contribution in [3.63, 3.8) is 0 Å². The fraction of sp³-hybridized carbons (Fsp3) is 0.429. The maximum atomic E-state index is 8.62. The molecule has 17 heavy (non-hydrogen) atoms. The SMILES string of the molecule is N#CCCCN(CCC#N)Cc1ccccc1. The van der Waals surface area contributed by atoms with Crippen molar-refractivity contribution in [3.8, 4) is 12.1 Å². The van der Waals surface area contributed by atoms with Crippen LogP contribution in [0.3, 0.4) is 0 Å². The lowest BCUT2D eigenvalue weighted by Crippen LogP contribution is -2.25. The van der Waals surface area contributed by atoms with E-state index < -0.39 is 0 Å². The Morgan fingerprint density at radius 1 is 0.941 bits per heavy atom. The van der Waals surface area contributed by atoms with Crippen LogP contribution in [0.1, 0.15) is 24.8 Å². The first-order valence-electron chi connectivity index (χ1n) is 5.87. The topological polar surface area (TPSA) is 50.8 Å². The number of unbranched alkanes of at least 4 members (excludes halogenated alkanes) is 1. The molecule has 3 heteroatoms. The molecule has 3 nitrogen and oxygen atoms in total. The number of rotatable bonds is 7. The molecule has 0 saturated carbocycles. The van der Waals surface area contributed by atoms with Crippen molar-refractivity contribution in [2.45, 2.75) is 25.8 Å². The van der Waals surface area contributed by atoms with Gasteiger partial charge in [-0.3, -0.25) is 4.90 Å². The van der Waals surface area contributed by atoms with Gasteiger partial charge in [-0.25, -0.2) is 0 Å². The van der Waals surface area contributed by atoms with Crippen LogP contribution in [0.4, 0.5) is 0 Å². The second kappa shape index (κ2) is 8.33. The number of nitrogens with zero attached hydrogens (tertiary/aromatic N) is 3. The summed E-state index contributed by atoms with van der Waals surface area (Å²) in [6, 6.07) is 14.5. The van der Waals surface area contributed by atoms with Gasteiger partial charge >= 0.3 is 0 Å². The highest BCUT2D eigenvalue weighted by molar-refractivity contribution is 5.14. The Hall–Kier alpha value is -1.84. The average Bonchev–Trinajstić information content (AvgIpc) is 2.37. The second-order valence-corrected chi connectivity index (χ2v) is 3.93. The van der Waals surface area contributed by atoms with Crippen LogP contribution >= 0.6 is 0 Å². The minimum Gasteiger partial charge on any atom is -0.298 e. The lowest BCUT2D eigenvalue weighted by atomic mass is 10.2. The molecule has 0 unspecified atom stereocenters. The molecule has 0 saturated heterocycles. The van der Waals surface area contributed by atoms with E-state index in [0.717, 1.165) is 26.1 Å². The largest absolute Gasteiger partial charge is 0.298 e. The average molecular weight is 227 g/mol. The van der Waals surface area contributed by atoms with Gasteiger partial charge in [0.25, 0.3) is 0 Å². The van der Waals surface area contributed by atoms with E-state index in [0.29, 0.717) is 12.8 Å². The fourth-order valence-corrected chi connectivity index (χ4v) is 1.70. The van der Waals surface area contributed by atoms with E-state index in [1.807, 2.05) is 18.2 Å². The fourth-order valence-electron chi connectivity index (χ4n) is 1.70. The van der Waals surface area contributed by atoms with Crippen molar-refractivity contribution in [3.05, 3.63) is 35.9 Å². The third-order valence-electron chi connectivity index (χ3n) is 2.55. The van der Waals surface area contributed by atoms with Gasteiger partial charge in [0.2, 0.25) is 0 Å². The van der Waals surface area contributed by atoms with Gasteiger partial charge in [-0.15, -0.1) is 0 Å². The predicted octanol–water partition coefficient (Wildman–Crippen LogP) is 2.71. The zero-order chi connectivity index (χ0) is 12.3. The first-order valence-corrected chi connectivity index (χ1v) is 5.87. The van der Waals surface area contributed by atoms with Gasteiger partial charge in [0.05, 0.1) is 12.1 Å². The molecule has 1 aromatic rings. The van der Waals surface area contributed by atoms with Crippen LogP contribution < -0.4 is 0 Å². The second-order valence-electron chi connectivity index (χ2n) is 3.93. The van der Waals surface area contributed by atoms with Crippen molar-refractivity contribution in [2.75, 3.05) is 13.1 Å². The molecule has 0 aliphatic rings. The van der Waals surface area contributed by atoms with Crippen molar-refractivity contribution in [2.24, 2.45) is 0 Å². The molecule has 1 rings (SSSR count). The summed E-state index contributed by atoms with van der Waals surface area (Å²) in [5.41, 5.74) is 1.25. The summed E-state index contributed by atoms with van der Waals surface area (Å²) < 4.78 is 0. The van der Waals surface area contributed by atoms with Crippen LogP contribution in [-0.2, 0) is 6.54 Å². The van der Waals surface area contributed by atoms with Crippen molar-refractivity contribution in [1.29, 1.82) is 10.5 Å². The van der Waals surface area contributed by atoms with Gasteiger partial charge in [-0.05, 0) is 18.5 Å². The number of nitriles is 2. The highest BCUT2D eigenvalue weighted by Gasteiger charge is 2.05. The molecule has 0 aromatic heterocycles. The Labute approximate surface area is 103 Å². The molecule has 0 N–H and O–H groups in total. The van der Waals surface area contributed by atoms with E-state index in [2.05, 4.69) is 29.2 Å². The number of hydrogen-bond acceptors (Lipinski definition) is 3. The molecule has 0 bridgehead atoms. The van der Waals surface area contributed by atoms with Gasteiger partial charge in [0.1, 0.15) is 0 Å². The number of hydrogen-bond donors (Lipinski definition) is 0. The molecule has 88 valence electrons. The Bertz CT molecular complexity index is 386. The van der Waals surface area contributed by atoms with E-state index in [-0.39, 0.29) is 0 Å². The molecule has 0 radical (unpaired) electrons. The molecule has 0 amide bonds. The Balaban J connectivity index is 2.46. The van der Waals surface area contributed by atoms with E-state index in [4.69, 9.17) is 10.5 Å². The molecule has 1 aromatic carbocycles. The van der Waals surface area contributed by atoms with Gasteiger partial charge in [0.15, 0.2) is 0 Å². The highest BCUT2D eigenvalue weighted by Crippen LogP contribution is 2.06. The van der Waals surface area contributed by atoms with E-state index in [1.54, 1.807) is 0 Å². The summed E-state index contributed by atoms with van der Waals surface area (Å²) in [6.45, 7) is 2.51. The number of benzene rings is 1. The molecule has 0 atom stereocenters. The van der Waals surface area contributed by atoms with Gasteiger partial charge in [-0.1, -0.05) is 30.3 Å². The van der Waals surface area contributed by atoms with E-state index >= 15 is 0 Å². The quantitative estimate of drug-likeness (QED) is 0.673. The lowest BCUT2D eigenvalue weighted by Gasteiger charge is -2.20. The summed E-state index contributed by atoms with van der Waals surface area (Å²) in [7, 11) is 0. The normalized spacial score (nSPS) is 9.82. The van der Waals surface area contributed by atoms with Crippen LogP contribution in [0, 0.1) is 22.7 Å².